The van der Waals surface area contributed by atoms with Crippen molar-refractivity contribution in [3.8, 4) is 17.1 Å². The van der Waals surface area contributed by atoms with Crippen molar-refractivity contribution in [2.24, 2.45) is 0 Å². The smallest absolute Gasteiger partial charge is 0.248 e. The van der Waals surface area contributed by atoms with E-state index in [0.717, 1.165) is 28.0 Å². The van der Waals surface area contributed by atoms with Crippen LogP contribution in [0.5, 0.6) is 5.75 Å². The van der Waals surface area contributed by atoms with Gasteiger partial charge in [0.15, 0.2) is 0 Å². The minimum atomic E-state index is -3.72. The first-order valence-electron chi connectivity index (χ1n) is 12.6. The van der Waals surface area contributed by atoms with E-state index in [1.165, 1.54) is 11.4 Å². The molecule has 0 spiro atoms. The zero-order valence-corrected chi connectivity index (χ0v) is 23.7. The Hall–Kier alpha value is -3.73. The summed E-state index contributed by atoms with van der Waals surface area (Å²) in [6, 6.07) is 19.2. The number of rotatable bonds is 11. The fourth-order valence-electron chi connectivity index (χ4n) is 4.39. The van der Waals surface area contributed by atoms with Crippen LogP contribution in [0.15, 0.2) is 65.6 Å². The van der Waals surface area contributed by atoms with Gasteiger partial charge in [-0.25, -0.2) is 13.4 Å². The van der Waals surface area contributed by atoms with Gasteiger partial charge in [-0.15, -0.1) is 0 Å². The van der Waals surface area contributed by atoms with Gasteiger partial charge in [0.1, 0.15) is 18.2 Å². The SMILES string of the molecule is COc1cc(C)c(S(=O)(=O)N(C)CCOCC(=O)N(C)Cc2ccc(-c3nc4ccccc4[nH]3)cc2)c(C)c1. The number of carbonyl (C=O) groups is 1. The third-order valence-electron chi connectivity index (χ3n) is 6.58. The lowest BCUT2D eigenvalue weighted by Crippen LogP contribution is -2.33. The lowest BCUT2D eigenvalue weighted by atomic mass is 10.1. The van der Waals surface area contributed by atoms with Crippen LogP contribution in [0.1, 0.15) is 16.7 Å². The largest absolute Gasteiger partial charge is 0.497 e. The Morgan fingerprint density at radius 2 is 1.67 bits per heavy atom. The Bertz CT molecular complexity index is 1510. The molecule has 0 aliphatic rings. The maximum atomic E-state index is 13.1. The Labute approximate surface area is 229 Å². The van der Waals surface area contributed by atoms with Gasteiger partial charge in [0, 0.05) is 32.7 Å². The Balaban J connectivity index is 1.26. The van der Waals surface area contributed by atoms with Crippen molar-refractivity contribution >= 4 is 27.0 Å². The number of sulfonamides is 1. The highest BCUT2D eigenvalue weighted by atomic mass is 32.2. The third-order valence-corrected chi connectivity index (χ3v) is 8.74. The molecule has 0 bridgehead atoms. The summed E-state index contributed by atoms with van der Waals surface area (Å²) in [4.78, 5) is 22.4. The molecule has 4 rings (SSSR count). The summed E-state index contributed by atoms with van der Waals surface area (Å²) in [6.45, 7) is 3.99. The van der Waals surface area contributed by atoms with E-state index in [2.05, 4.69) is 9.97 Å². The molecule has 10 heteroatoms. The first kappa shape index (κ1) is 28.3. The van der Waals surface area contributed by atoms with Crippen LogP contribution >= 0.6 is 0 Å². The average molecular weight is 551 g/mol. The van der Waals surface area contributed by atoms with Gasteiger partial charge >= 0.3 is 0 Å². The maximum absolute atomic E-state index is 13.1. The van der Waals surface area contributed by atoms with E-state index in [4.69, 9.17) is 9.47 Å². The second-order valence-corrected chi connectivity index (χ2v) is 11.5. The summed E-state index contributed by atoms with van der Waals surface area (Å²) in [6.07, 6.45) is 0. The van der Waals surface area contributed by atoms with E-state index in [1.54, 1.807) is 45.0 Å². The highest BCUT2D eigenvalue weighted by Crippen LogP contribution is 2.27. The number of aromatic nitrogens is 2. The molecule has 0 unspecified atom stereocenters. The van der Waals surface area contributed by atoms with Gasteiger partial charge in [-0.1, -0.05) is 36.4 Å². The van der Waals surface area contributed by atoms with Gasteiger partial charge in [-0.2, -0.15) is 4.31 Å². The zero-order chi connectivity index (χ0) is 28.2. The van der Waals surface area contributed by atoms with Gasteiger partial charge in [0.05, 0.1) is 29.6 Å². The van der Waals surface area contributed by atoms with Crippen LogP contribution in [-0.2, 0) is 26.1 Å². The lowest BCUT2D eigenvalue weighted by Gasteiger charge is -2.21. The number of methoxy groups -OCH3 is 1. The molecule has 1 amide bonds. The molecule has 206 valence electrons. The normalized spacial score (nSPS) is 11.7. The molecular formula is C29H34N4O5S. The predicted molar refractivity (Wildman–Crippen MR) is 151 cm³/mol. The standard InChI is InChI=1S/C29H34N4O5S/c1-20-16-24(37-5)17-21(2)28(20)39(35,36)33(4)14-15-38-19-27(34)32(3)18-22-10-12-23(13-11-22)29-30-25-8-6-7-9-26(25)31-29/h6-13,16-17H,14-15,18-19H2,1-5H3,(H,30,31). The number of benzene rings is 3. The molecule has 0 radical (unpaired) electrons. The van der Waals surface area contributed by atoms with Crippen LogP contribution in [0.3, 0.4) is 0 Å². The van der Waals surface area contributed by atoms with Crippen LogP contribution in [-0.4, -0.2) is 74.5 Å². The van der Waals surface area contributed by atoms with Crippen molar-refractivity contribution < 1.29 is 22.7 Å². The topological polar surface area (TPSA) is 105 Å². The van der Waals surface area contributed by atoms with Crippen molar-refractivity contribution in [2.45, 2.75) is 25.3 Å². The summed E-state index contributed by atoms with van der Waals surface area (Å²) in [5.41, 5.74) is 5.06. The number of fused-ring (bicyclic) bond motifs is 1. The van der Waals surface area contributed by atoms with Crippen molar-refractivity contribution in [1.82, 2.24) is 19.2 Å². The van der Waals surface area contributed by atoms with Crippen LogP contribution in [0.2, 0.25) is 0 Å². The minimum Gasteiger partial charge on any atom is -0.497 e. The van der Waals surface area contributed by atoms with Crippen molar-refractivity contribution in [1.29, 1.82) is 0 Å². The quantitative estimate of drug-likeness (QED) is 0.281. The number of aromatic amines is 1. The number of carbonyl (C=O) groups excluding carboxylic acids is 1. The molecule has 0 atom stereocenters. The van der Waals surface area contributed by atoms with Crippen molar-refractivity contribution in [3.05, 3.63) is 77.4 Å². The number of amides is 1. The number of aryl methyl sites for hydroxylation is 2. The fourth-order valence-corrected chi connectivity index (χ4v) is 5.95. The maximum Gasteiger partial charge on any atom is 0.248 e. The number of nitrogens with one attached hydrogen (secondary N) is 1. The van der Waals surface area contributed by atoms with E-state index in [-0.39, 0.29) is 30.6 Å². The minimum absolute atomic E-state index is 0.0930. The molecule has 0 fully saturated rings. The Morgan fingerprint density at radius 1 is 1.00 bits per heavy atom. The number of ether oxygens (including phenoxy) is 2. The monoisotopic (exact) mass is 550 g/mol. The molecular weight excluding hydrogens is 516 g/mol. The first-order valence-corrected chi connectivity index (χ1v) is 14.0. The molecule has 0 saturated carbocycles. The second kappa shape index (κ2) is 12.0. The molecule has 3 aromatic carbocycles. The predicted octanol–water partition coefficient (Wildman–Crippen LogP) is 4.15. The molecule has 1 N–H and O–H groups in total. The summed E-state index contributed by atoms with van der Waals surface area (Å²) < 4.78 is 38.2. The number of likely N-dealkylation sites (N-methyl/N-ethyl adjacent to an activating group) is 2. The van der Waals surface area contributed by atoms with Crippen molar-refractivity contribution in [3.63, 3.8) is 0 Å². The van der Waals surface area contributed by atoms with Gasteiger partial charge in [0.25, 0.3) is 0 Å². The molecule has 0 saturated heterocycles. The summed E-state index contributed by atoms with van der Waals surface area (Å²) in [5, 5.41) is 0. The van der Waals surface area contributed by atoms with Crippen LogP contribution in [0, 0.1) is 13.8 Å². The number of imidazole rings is 1. The Morgan fingerprint density at radius 3 is 2.31 bits per heavy atom. The zero-order valence-electron chi connectivity index (χ0n) is 22.9. The van der Waals surface area contributed by atoms with E-state index >= 15 is 0 Å². The van der Waals surface area contributed by atoms with Gasteiger partial charge in [0.2, 0.25) is 15.9 Å². The van der Waals surface area contributed by atoms with Crippen molar-refractivity contribution in [2.75, 3.05) is 41.0 Å². The van der Waals surface area contributed by atoms with E-state index < -0.39 is 10.0 Å². The van der Waals surface area contributed by atoms with E-state index in [9.17, 15) is 13.2 Å². The molecule has 4 aromatic rings. The van der Waals surface area contributed by atoms with Gasteiger partial charge in [-0.05, 0) is 54.8 Å². The second-order valence-electron chi connectivity index (χ2n) is 9.52. The molecule has 0 aliphatic heterocycles. The van der Waals surface area contributed by atoms with Crippen LogP contribution in [0.25, 0.3) is 22.4 Å². The number of hydrogen-bond acceptors (Lipinski definition) is 6. The first-order chi connectivity index (χ1) is 18.6. The molecule has 1 heterocycles. The number of H-pyrrole nitrogens is 1. The Kier molecular flexibility index (Phi) is 8.69. The molecule has 0 aliphatic carbocycles. The summed E-state index contributed by atoms with van der Waals surface area (Å²) >= 11 is 0. The summed E-state index contributed by atoms with van der Waals surface area (Å²) in [7, 11) is 1.04. The number of nitrogens with zero attached hydrogens (tertiary/aromatic N) is 3. The highest BCUT2D eigenvalue weighted by molar-refractivity contribution is 7.89. The average Bonchev–Trinajstić information content (AvgIpc) is 3.35. The number of hydrogen-bond donors (Lipinski definition) is 1. The third kappa shape index (κ3) is 6.47. The molecule has 9 nitrogen and oxygen atoms in total. The van der Waals surface area contributed by atoms with E-state index in [1.807, 2.05) is 48.5 Å². The van der Waals surface area contributed by atoms with Crippen LogP contribution < -0.4 is 4.74 Å². The van der Waals surface area contributed by atoms with Crippen LogP contribution in [0.4, 0.5) is 0 Å². The fraction of sp³-hybridized carbons (Fsp3) is 0.310. The van der Waals surface area contributed by atoms with E-state index in [0.29, 0.717) is 23.4 Å². The summed E-state index contributed by atoms with van der Waals surface area (Å²) in [5.74, 6) is 1.22. The lowest BCUT2D eigenvalue weighted by molar-refractivity contribution is -0.135. The van der Waals surface area contributed by atoms with Gasteiger partial charge in [-0.3, -0.25) is 4.79 Å². The molecule has 1 aromatic heterocycles. The highest BCUT2D eigenvalue weighted by Gasteiger charge is 2.25. The van der Waals surface area contributed by atoms with Gasteiger partial charge < -0.3 is 19.4 Å². The molecule has 39 heavy (non-hydrogen) atoms. The number of para-hydroxylation sites is 2.